The zero-order chi connectivity index (χ0) is 14.9. The first kappa shape index (κ1) is 15.0. The highest BCUT2D eigenvalue weighted by Gasteiger charge is 2.15. The molecule has 1 atom stereocenters. The number of aryl methyl sites for hydroxylation is 2. The van der Waals surface area contributed by atoms with E-state index in [-0.39, 0.29) is 11.9 Å². The van der Waals surface area contributed by atoms with E-state index in [0.29, 0.717) is 4.47 Å². The van der Waals surface area contributed by atoms with Crippen LogP contribution in [0.3, 0.4) is 0 Å². The van der Waals surface area contributed by atoms with Gasteiger partial charge in [0.2, 0.25) is 0 Å². The van der Waals surface area contributed by atoms with Crippen LogP contribution >= 0.6 is 15.9 Å². The van der Waals surface area contributed by atoms with Gasteiger partial charge in [0, 0.05) is 0 Å². The molecule has 2 nitrogen and oxygen atoms in total. The molecule has 0 saturated carbocycles. The average Bonchev–Trinajstić information content (AvgIpc) is 2.43. The second-order valence-corrected chi connectivity index (χ2v) is 5.68. The summed E-state index contributed by atoms with van der Waals surface area (Å²) in [6.07, 6.45) is 0. The molecule has 0 aliphatic rings. The zero-order valence-electron chi connectivity index (χ0n) is 11.7. The van der Waals surface area contributed by atoms with Gasteiger partial charge in [0.05, 0.1) is 17.6 Å². The van der Waals surface area contributed by atoms with Crippen molar-refractivity contribution in [2.75, 3.05) is 7.11 Å². The van der Waals surface area contributed by atoms with Crippen LogP contribution in [-0.2, 0) is 0 Å². The van der Waals surface area contributed by atoms with E-state index in [9.17, 15) is 4.39 Å². The maximum Gasteiger partial charge on any atom is 0.137 e. The molecule has 0 amide bonds. The van der Waals surface area contributed by atoms with E-state index >= 15 is 0 Å². The molecule has 2 rings (SSSR count). The lowest BCUT2D eigenvalue weighted by molar-refractivity contribution is 0.411. The summed E-state index contributed by atoms with van der Waals surface area (Å²) in [6.45, 7) is 3.98. The van der Waals surface area contributed by atoms with Crippen LogP contribution in [0.4, 0.5) is 4.39 Å². The molecule has 0 saturated heterocycles. The largest absolute Gasteiger partial charge is 0.496 e. The van der Waals surface area contributed by atoms with Crippen LogP contribution in [0.2, 0.25) is 0 Å². The van der Waals surface area contributed by atoms with Crippen LogP contribution in [-0.4, -0.2) is 7.11 Å². The minimum atomic E-state index is -0.295. The van der Waals surface area contributed by atoms with E-state index in [0.717, 1.165) is 28.0 Å². The third kappa shape index (κ3) is 2.86. The third-order valence-electron chi connectivity index (χ3n) is 3.42. The van der Waals surface area contributed by atoms with Crippen LogP contribution < -0.4 is 10.5 Å². The first-order valence-electron chi connectivity index (χ1n) is 6.29. The molecule has 0 fully saturated rings. The highest BCUT2D eigenvalue weighted by molar-refractivity contribution is 9.10. The molecule has 1 unspecified atom stereocenters. The van der Waals surface area contributed by atoms with Crippen molar-refractivity contribution in [2.24, 2.45) is 5.73 Å². The standard InChI is InChI=1S/C16H17BrFNO/c1-9-7-15(20-3)10(2)6-12(9)16(19)11-4-5-14(18)13(17)8-11/h4-8,16H,19H2,1-3H3. The van der Waals surface area contributed by atoms with Gasteiger partial charge >= 0.3 is 0 Å². The molecule has 20 heavy (non-hydrogen) atoms. The van der Waals surface area contributed by atoms with E-state index < -0.39 is 0 Å². The molecule has 2 N–H and O–H groups in total. The van der Waals surface area contributed by atoms with Crippen LogP contribution in [0.5, 0.6) is 5.75 Å². The summed E-state index contributed by atoms with van der Waals surface area (Å²) in [7, 11) is 1.65. The number of methoxy groups -OCH3 is 1. The van der Waals surface area contributed by atoms with Crippen molar-refractivity contribution in [1.29, 1.82) is 0 Å². The van der Waals surface area contributed by atoms with E-state index in [1.54, 1.807) is 19.2 Å². The number of nitrogens with two attached hydrogens (primary N) is 1. The Morgan fingerprint density at radius 2 is 1.85 bits per heavy atom. The Morgan fingerprint density at radius 1 is 1.15 bits per heavy atom. The fourth-order valence-electron chi connectivity index (χ4n) is 2.25. The number of benzene rings is 2. The molecular formula is C16H17BrFNO. The minimum absolute atomic E-state index is 0.288. The maximum atomic E-state index is 13.3. The Bertz CT molecular complexity index is 643. The van der Waals surface area contributed by atoms with Crippen LogP contribution in [0.15, 0.2) is 34.8 Å². The number of rotatable bonds is 3. The van der Waals surface area contributed by atoms with E-state index in [2.05, 4.69) is 15.9 Å². The van der Waals surface area contributed by atoms with Gasteiger partial charge < -0.3 is 10.5 Å². The molecule has 0 heterocycles. The summed E-state index contributed by atoms with van der Waals surface area (Å²) in [5, 5.41) is 0. The fraction of sp³-hybridized carbons (Fsp3) is 0.250. The lowest BCUT2D eigenvalue weighted by Crippen LogP contribution is -2.14. The average molecular weight is 338 g/mol. The van der Waals surface area contributed by atoms with Crippen molar-refractivity contribution in [3.63, 3.8) is 0 Å². The van der Waals surface area contributed by atoms with Gasteiger partial charge in [-0.25, -0.2) is 4.39 Å². The summed E-state index contributed by atoms with van der Waals surface area (Å²) in [6, 6.07) is 8.56. The first-order valence-corrected chi connectivity index (χ1v) is 7.09. The molecule has 0 aliphatic heterocycles. The van der Waals surface area contributed by atoms with Gasteiger partial charge in [0.15, 0.2) is 0 Å². The summed E-state index contributed by atoms with van der Waals surface area (Å²) >= 11 is 3.19. The molecule has 0 radical (unpaired) electrons. The second kappa shape index (κ2) is 5.94. The highest BCUT2D eigenvalue weighted by Crippen LogP contribution is 2.30. The van der Waals surface area contributed by atoms with Crippen LogP contribution in [0.25, 0.3) is 0 Å². The lowest BCUT2D eigenvalue weighted by atomic mass is 9.94. The molecular weight excluding hydrogens is 321 g/mol. The van der Waals surface area contributed by atoms with Crippen LogP contribution in [0, 0.1) is 19.7 Å². The topological polar surface area (TPSA) is 35.2 Å². The summed E-state index contributed by atoms with van der Waals surface area (Å²) in [4.78, 5) is 0. The molecule has 0 aliphatic carbocycles. The van der Waals surface area contributed by atoms with Crippen LogP contribution in [0.1, 0.15) is 28.3 Å². The Labute approximate surface area is 126 Å². The molecule has 2 aromatic carbocycles. The smallest absolute Gasteiger partial charge is 0.137 e. The number of ether oxygens (including phenoxy) is 1. The SMILES string of the molecule is COc1cc(C)c(C(N)c2ccc(F)c(Br)c2)cc1C. The predicted molar refractivity (Wildman–Crippen MR) is 82.6 cm³/mol. The lowest BCUT2D eigenvalue weighted by Gasteiger charge is -2.18. The Morgan fingerprint density at radius 3 is 2.45 bits per heavy atom. The number of hydrogen-bond acceptors (Lipinski definition) is 2. The van der Waals surface area contributed by atoms with E-state index in [1.807, 2.05) is 26.0 Å². The van der Waals surface area contributed by atoms with Crippen molar-refractivity contribution in [3.05, 3.63) is 62.9 Å². The van der Waals surface area contributed by atoms with Gasteiger partial charge in [0.25, 0.3) is 0 Å². The second-order valence-electron chi connectivity index (χ2n) is 4.83. The highest BCUT2D eigenvalue weighted by atomic mass is 79.9. The van der Waals surface area contributed by atoms with Gasteiger partial charge in [-0.1, -0.05) is 12.1 Å². The number of halogens is 2. The number of hydrogen-bond donors (Lipinski definition) is 1. The Balaban J connectivity index is 2.45. The van der Waals surface area contributed by atoms with Crippen molar-refractivity contribution in [1.82, 2.24) is 0 Å². The van der Waals surface area contributed by atoms with E-state index in [1.165, 1.54) is 6.07 Å². The van der Waals surface area contributed by atoms with Gasteiger partial charge in [-0.3, -0.25) is 0 Å². The quantitative estimate of drug-likeness (QED) is 0.907. The molecule has 4 heteroatoms. The maximum absolute atomic E-state index is 13.3. The first-order chi connectivity index (χ1) is 9.43. The third-order valence-corrected chi connectivity index (χ3v) is 4.03. The van der Waals surface area contributed by atoms with Crippen molar-refractivity contribution in [3.8, 4) is 5.75 Å². The normalized spacial score (nSPS) is 12.3. The van der Waals surface area contributed by atoms with Gasteiger partial charge in [-0.2, -0.15) is 0 Å². The molecule has 0 aromatic heterocycles. The molecule has 106 valence electrons. The summed E-state index contributed by atoms with van der Waals surface area (Å²) in [5.41, 5.74) is 10.3. The zero-order valence-corrected chi connectivity index (χ0v) is 13.3. The monoisotopic (exact) mass is 337 g/mol. The fourth-order valence-corrected chi connectivity index (χ4v) is 2.65. The molecule has 0 bridgehead atoms. The van der Waals surface area contributed by atoms with Crippen molar-refractivity contribution >= 4 is 15.9 Å². The van der Waals surface area contributed by atoms with Gasteiger partial charge in [-0.05, 0) is 70.2 Å². The summed E-state index contributed by atoms with van der Waals surface area (Å²) < 4.78 is 19.0. The Hall–Kier alpha value is -1.39. The van der Waals surface area contributed by atoms with Crippen molar-refractivity contribution in [2.45, 2.75) is 19.9 Å². The van der Waals surface area contributed by atoms with Gasteiger partial charge in [-0.15, -0.1) is 0 Å². The molecule has 2 aromatic rings. The predicted octanol–water partition coefficient (Wildman–Crippen LogP) is 4.26. The van der Waals surface area contributed by atoms with Gasteiger partial charge in [0.1, 0.15) is 11.6 Å². The minimum Gasteiger partial charge on any atom is -0.496 e. The Kier molecular flexibility index (Phi) is 4.45. The van der Waals surface area contributed by atoms with E-state index in [4.69, 9.17) is 10.5 Å². The summed E-state index contributed by atoms with van der Waals surface area (Å²) in [5.74, 6) is 0.558. The van der Waals surface area contributed by atoms with Crippen molar-refractivity contribution < 1.29 is 9.13 Å². The molecule has 0 spiro atoms.